The molecular formula is C26H26N8O3S. The molecule has 1 aliphatic heterocycles. The summed E-state index contributed by atoms with van der Waals surface area (Å²) in [5, 5.41) is 14.7. The minimum atomic E-state index is -0.534. The maximum Gasteiger partial charge on any atom is 0.410 e. The van der Waals surface area contributed by atoms with Gasteiger partial charge in [0, 0.05) is 34.5 Å². The number of hydrogen-bond donors (Lipinski definition) is 4. The highest BCUT2D eigenvalue weighted by molar-refractivity contribution is 7.15. The molecule has 5 aromatic rings. The lowest BCUT2D eigenvalue weighted by atomic mass is 10.1. The molecule has 0 bridgehead atoms. The fraction of sp³-hybridized carbons (Fsp3) is 0.269. The van der Waals surface area contributed by atoms with E-state index in [0.29, 0.717) is 41.8 Å². The van der Waals surface area contributed by atoms with Gasteiger partial charge in [0.1, 0.15) is 5.60 Å². The predicted molar refractivity (Wildman–Crippen MR) is 146 cm³/mol. The molecule has 0 saturated carbocycles. The zero-order valence-electron chi connectivity index (χ0n) is 21.1. The lowest BCUT2D eigenvalue weighted by Crippen LogP contribution is -2.39. The number of aromatic amines is 2. The summed E-state index contributed by atoms with van der Waals surface area (Å²) >= 11 is 1.49. The van der Waals surface area contributed by atoms with Gasteiger partial charge < -0.3 is 25.3 Å². The number of thiazole rings is 1. The van der Waals surface area contributed by atoms with E-state index in [1.54, 1.807) is 29.3 Å². The number of imidazole rings is 1. The van der Waals surface area contributed by atoms with E-state index in [1.165, 1.54) is 11.3 Å². The predicted octanol–water partition coefficient (Wildman–Crippen LogP) is 5.18. The Labute approximate surface area is 221 Å². The quantitative estimate of drug-likeness (QED) is 0.251. The third-order valence-electron chi connectivity index (χ3n) is 6.05. The molecule has 1 aliphatic rings. The van der Waals surface area contributed by atoms with E-state index in [1.807, 2.05) is 39.0 Å². The van der Waals surface area contributed by atoms with Gasteiger partial charge in [-0.1, -0.05) is 11.3 Å². The Kier molecular flexibility index (Phi) is 5.75. The van der Waals surface area contributed by atoms with Crippen LogP contribution in [-0.2, 0) is 17.7 Å². The van der Waals surface area contributed by atoms with Gasteiger partial charge in [0.2, 0.25) is 5.95 Å². The van der Waals surface area contributed by atoms with Gasteiger partial charge in [-0.15, -0.1) is 0 Å². The third kappa shape index (κ3) is 4.90. The van der Waals surface area contributed by atoms with Crippen molar-refractivity contribution >= 4 is 62.0 Å². The van der Waals surface area contributed by atoms with Crippen LogP contribution in [0.1, 0.15) is 41.7 Å². The Balaban J connectivity index is 1.14. The van der Waals surface area contributed by atoms with Gasteiger partial charge in [0.05, 0.1) is 35.0 Å². The number of H-pyrrole nitrogens is 2. The van der Waals surface area contributed by atoms with E-state index in [2.05, 4.69) is 30.8 Å². The molecule has 0 unspecified atom stereocenters. The largest absolute Gasteiger partial charge is 0.444 e. The summed E-state index contributed by atoms with van der Waals surface area (Å²) in [7, 11) is 0. The highest BCUT2D eigenvalue weighted by Gasteiger charge is 2.28. The molecule has 12 heteroatoms. The van der Waals surface area contributed by atoms with Crippen LogP contribution in [0.15, 0.2) is 42.6 Å². The number of carbonyl (C=O) groups excluding carboxylic acids is 2. The van der Waals surface area contributed by atoms with E-state index >= 15 is 0 Å². The fourth-order valence-electron chi connectivity index (χ4n) is 4.26. The Morgan fingerprint density at radius 3 is 2.82 bits per heavy atom. The fourth-order valence-corrected chi connectivity index (χ4v) is 5.28. The standard InChI is InChI=1S/C26H26N8O3S/c1-26(2,3)37-25(36)34-9-8-18-21(13-34)38-24(31-18)32-23-29-17-7-5-14(10-20(17)30-23)22(35)28-16-6-4-15-12-27-33-19(15)11-16/h4-7,10-12H,8-9,13H2,1-3H3,(H,27,33)(H,28,35)(H2,29,30,31,32). The molecule has 0 fully saturated rings. The number of aromatic nitrogens is 5. The third-order valence-corrected chi connectivity index (χ3v) is 7.05. The van der Waals surface area contributed by atoms with Crippen molar-refractivity contribution < 1.29 is 14.3 Å². The van der Waals surface area contributed by atoms with Crippen LogP contribution in [0.3, 0.4) is 0 Å². The Bertz CT molecular complexity index is 1680. The normalized spacial score (nSPS) is 13.5. The van der Waals surface area contributed by atoms with E-state index in [-0.39, 0.29) is 12.0 Å². The minimum Gasteiger partial charge on any atom is -0.444 e. The van der Waals surface area contributed by atoms with Crippen molar-refractivity contribution in [2.75, 3.05) is 17.2 Å². The molecule has 0 saturated heterocycles. The summed E-state index contributed by atoms with van der Waals surface area (Å²) in [5.41, 5.74) is 3.92. The van der Waals surface area contributed by atoms with Crippen LogP contribution >= 0.6 is 11.3 Å². The van der Waals surface area contributed by atoms with Gasteiger partial charge in [-0.2, -0.15) is 5.10 Å². The molecular weight excluding hydrogens is 504 g/mol. The second kappa shape index (κ2) is 9.14. The van der Waals surface area contributed by atoms with Crippen LogP contribution in [0.2, 0.25) is 0 Å². The Hall–Kier alpha value is -4.45. The number of amides is 2. The van der Waals surface area contributed by atoms with Crippen LogP contribution in [0.25, 0.3) is 21.9 Å². The number of rotatable bonds is 4. The molecule has 4 N–H and O–H groups in total. The van der Waals surface area contributed by atoms with Crippen LogP contribution in [0, 0.1) is 0 Å². The minimum absolute atomic E-state index is 0.225. The number of carbonyl (C=O) groups is 2. The van der Waals surface area contributed by atoms with Crippen molar-refractivity contribution in [3.8, 4) is 0 Å². The van der Waals surface area contributed by atoms with Gasteiger partial charge in [0.25, 0.3) is 5.91 Å². The zero-order valence-corrected chi connectivity index (χ0v) is 21.9. The number of ether oxygens (including phenoxy) is 1. The number of nitrogens with zero attached hydrogens (tertiary/aromatic N) is 4. The summed E-state index contributed by atoms with van der Waals surface area (Å²) in [5.74, 6) is 0.300. The molecule has 3 aromatic heterocycles. The number of fused-ring (bicyclic) bond motifs is 3. The first-order chi connectivity index (χ1) is 18.2. The van der Waals surface area contributed by atoms with Gasteiger partial charge >= 0.3 is 6.09 Å². The first kappa shape index (κ1) is 23.9. The molecule has 0 aliphatic carbocycles. The first-order valence-corrected chi connectivity index (χ1v) is 13.0. The average Bonchev–Trinajstić information content (AvgIpc) is 3.59. The molecule has 6 rings (SSSR count). The van der Waals surface area contributed by atoms with Crippen molar-refractivity contribution in [1.82, 2.24) is 30.0 Å². The summed E-state index contributed by atoms with van der Waals surface area (Å²) in [4.78, 5) is 40.6. The summed E-state index contributed by atoms with van der Waals surface area (Å²) in [6.45, 7) is 6.62. The molecule has 0 atom stereocenters. The molecule has 2 amide bonds. The first-order valence-electron chi connectivity index (χ1n) is 12.2. The maximum absolute atomic E-state index is 12.9. The van der Waals surface area contributed by atoms with Crippen LogP contribution < -0.4 is 10.6 Å². The van der Waals surface area contributed by atoms with E-state index < -0.39 is 5.60 Å². The zero-order chi connectivity index (χ0) is 26.4. The Morgan fingerprint density at radius 2 is 1.97 bits per heavy atom. The molecule has 2 aromatic carbocycles. The summed E-state index contributed by atoms with van der Waals surface area (Å²) in [6, 6.07) is 10.9. The second-order valence-corrected chi connectivity index (χ2v) is 11.2. The van der Waals surface area contributed by atoms with E-state index in [9.17, 15) is 9.59 Å². The molecule has 38 heavy (non-hydrogen) atoms. The van der Waals surface area contributed by atoms with E-state index in [0.717, 1.165) is 32.5 Å². The topological polar surface area (TPSA) is 141 Å². The monoisotopic (exact) mass is 530 g/mol. The lowest BCUT2D eigenvalue weighted by molar-refractivity contribution is 0.0225. The smallest absolute Gasteiger partial charge is 0.410 e. The van der Waals surface area contributed by atoms with Crippen LogP contribution in [0.4, 0.5) is 21.6 Å². The van der Waals surface area contributed by atoms with E-state index in [4.69, 9.17) is 9.72 Å². The lowest BCUT2D eigenvalue weighted by Gasteiger charge is -2.29. The van der Waals surface area contributed by atoms with Crippen LogP contribution in [-0.4, -0.2) is 54.2 Å². The molecule has 194 valence electrons. The van der Waals surface area contributed by atoms with Gasteiger partial charge in [-0.25, -0.2) is 14.8 Å². The molecule has 0 spiro atoms. The van der Waals surface area contributed by atoms with Crippen molar-refractivity contribution in [3.63, 3.8) is 0 Å². The second-order valence-electron chi connectivity index (χ2n) is 10.1. The molecule has 11 nitrogen and oxygen atoms in total. The number of nitrogens with one attached hydrogen (secondary N) is 4. The number of anilines is 3. The summed E-state index contributed by atoms with van der Waals surface area (Å²) < 4.78 is 5.51. The van der Waals surface area contributed by atoms with Gasteiger partial charge in [-0.05, 0) is 57.2 Å². The molecule has 4 heterocycles. The maximum atomic E-state index is 12.9. The highest BCUT2D eigenvalue weighted by Crippen LogP contribution is 2.31. The molecule has 0 radical (unpaired) electrons. The highest BCUT2D eigenvalue weighted by atomic mass is 32.1. The Morgan fingerprint density at radius 1 is 1.11 bits per heavy atom. The SMILES string of the molecule is CC(C)(C)OC(=O)N1CCc2nc(Nc3nc4ccc(C(=O)Nc5ccc6cn[nH]c6c5)cc4[nH]3)sc2C1. The average molecular weight is 531 g/mol. The van der Waals surface area contributed by atoms with Crippen molar-refractivity contribution in [2.45, 2.75) is 39.3 Å². The van der Waals surface area contributed by atoms with Crippen molar-refractivity contribution in [3.05, 3.63) is 58.7 Å². The van der Waals surface area contributed by atoms with Gasteiger partial charge in [0.15, 0.2) is 5.13 Å². The summed E-state index contributed by atoms with van der Waals surface area (Å²) in [6.07, 6.45) is 2.09. The number of hydrogen-bond acceptors (Lipinski definition) is 8. The van der Waals surface area contributed by atoms with Gasteiger partial charge in [-0.3, -0.25) is 9.89 Å². The van der Waals surface area contributed by atoms with Crippen molar-refractivity contribution in [2.24, 2.45) is 0 Å². The van der Waals surface area contributed by atoms with Crippen molar-refractivity contribution in [1.29, 1.82) is 0 Å². The number of benzene rings is 2. The van der Waals surface area contributed by atoms with Crippen LogP contribution in [0.5, 0.6) is 0 Å².